The second-order valence-corrected chi connectivity index (χ2v) is 5.16. The number of aromatic nitrogens is 1. The van der Waals surface area contributed by atoms with Crippen LogP contribution in [-0.2, 0) is 6.54 Å². The fourth-order valence-corrected chi connectivity index (χ4v) is 2.82. The van der Waals surface area contributed by atoms with Crippen LogP contribution in [0, 0.1) is 0 Å². The second-order valence-electron chi connectivity index (χ2n) is 4.75. The zero-order valence-electron chi connectivity index (χ0n) is 10.1. The first kappa shape index (κ1) is 11.8. The molecule has 4 heteroatoms. The Bertz CT molecular complexity index is 579. The van der Waals surface area contributed by atoms with Gasteiger partial charge in [0.25, 0.3) is 0 Å². The normalized spacial score (nSPS) is 16.5. The summed E-state index contributed by atoms with van der Waals surface area (Å²) in [5.41, 5.74) is 1.47. The van der Waals surface area contributed by atoms with Gasteiger partial charge in [0, 0.05) is 23.7 Å². The van der Waals surface area contributed by atoms with Gasteiger partial charge in [-0.3, -0.25) is 9.88 Å². The van der Waals surface area contributed by atoms with E-state index in [0.717, 1.165) is 30.6 Å². The van der Waals surface area contributed by atoms with Crippen LogP contribution in [0.25, 0.3) is 10.9 Å². The van der Waals surface area contributed by atoms with E-state index >= 15 is 0 Å². The van der Waals surface area contributed by atoms with Crippen LogP contribution < -0.4 is 0 Å². The zero-order valence-corrected chi connectivity index (χ0v) is 10.8. The standard InChI is InChI=1S/C14H15ClN2O/c15-12-8-10(9-17-6-1-2-7-17)14(18)13-11(12)4-3-5-16-13/h3-5,8,18H,1-2,6-7,9H2. The van der Waals surface area contributed by atoms with E-state index < -0.39 is 0 Å². The molecule has 0 spiro atoms. The largest absolute Gasteiger partial charge is 0.505 e. The number of rotatable bonds is 2. The molecule has 0 amide bonds. The van der Waals surface area contributed by atoms with Crippen LogP contribution in [0.1, 0.15) is 18.4 Å². The third-order valence-corrected chi connectivity index (χ3v) is 3.80. The molecule has 0 unspecified atom stereocenters. The number of fused-ring (bicyclic) bond motifs is 1. The first-order chi connectivity index (χ1) is 8.75. The van der Waals surface area contributed by atoms with Gasteiger partial charge in [-0.05, 0) is 44.1 Å². The van der Waals surface area contributed by atoms with Crippen molar-refractivity contribution in [2.45, 2.75) is 19.4 Å². The summed E-state index contributed by atoms with van der Waals surface area (Å²) < 4.78 is 0. The predicted octanol–water partition coefficient (Wildman–Crippen LogP) is 3.19. The highest BCUT2D eigenvalue weighted by molar-refractivity contribution is 6.35. The number of pyridine rings is 1. The van der Waals surface area contributed by atoms with E-state index in [2.05, 4.69) is 9.88 Å². The summed E-state index contributed by atoms with van der Waals surface area (Å²) in [6, 6.07) is 5.57. The molecule has 1 aromatic carbocycles. The summed E-state index contributed by atoms with van der Waals surface area (Å²) >= 11 is 6.25. The van der Waals surface area contributed by atoms with Gasteiger partial charge in [0.05, 0.1) is 5.02 Å². The topological polar surface area (TPSA) is 36.4 Å². The molecule has 0 atom stereocenters. The lowest BCUT2D eigenvalue weighted by Crippen LogP contribution is -2.18. The average Bonchev–Trinajstić information content (AvgIpc) is 2.89. The maximum absolute atomic E-state index is 10.3. The Hall–Kier alpha value is -1.32. The highest BCUT2D eigenvalue weighted by Gasteiger charge is 2.16. The van der Waals surface area contributed by atoms with Gasteiger partial charge in [-0.25, -0.2) is 0 Å². The van der Waals surface area contributed by atoms with Crippen LogP contribution in [-0.4, -0.2) is 28.1 Å². The SMILES string of the molecule is Oc1c(CN2CCCC2)cc(Cl)c2cccnc12. The van der Waals surface area contributed by atoms with E-state index in [0.29, 0.717) is 10.5 Å². The second kappa shape index (κ2) is 4.75. The maximum Gasteiger partial charge on any atom is 0.146 e. The summed E-state index contributed by atoms with van der Waals surface area (Å²) in [6.45, 7) is 2.94. The van der Waals surface area contributed by atoms with Crippen LogP contribution in [0.15, 0.2) is 24.4 Å². The van der Waals surface area contributed by atoms with E-state index in [1.165, 1.54) is 12.8 Å². The van der Waals surface area contributed by atoms with Gasteiger partial charge < -0.3 is 5.11 Å². The highest BCUT2D eigenvalue weighted by Crippen LogP contribution is 2.33. The van der Waals surface area contributed by atoms with E-state index in [4.69, 9.17) is 11.6 Å². The summed E-state index contributed by atoms with van der Waals surface area (Å²) in [6.07, 6.45) is 4.15. The predicted molar refractivity (Wildman–Crippen MR) is 72.9 cm³/mol. The summed E-state index contributed by atoms with van der Waals surface area (Å²) in [5.74, 6) is 0.266. The highest BCUT2D eigenvalue weighted by atomic mass is 35.5. The van der Waals surface area contributed by atoms with Crippen molar-refractivity contribution < 1.29 is 5.11 Å². The van der Waals surface area contributed by atoms with E-state index in [-0.39, 0.29) is 5.75 Å². The van der Waals surface area contributed by atoms with E-state index in [9.17, 15) is 5.11 Å². The third kappa shape index (κ3) is 2.04. The minimum Gasteiger partial charge on any atom is -0.505 e. The minimum atomic E-state index is 0.266. The van der Waals surface area contributed by atoms with Crippen molar-refractivity contribution >= 4 is 22.5 Å². The Balaban J connectivity index is 2.04. The fourth-order valence-electron chi connectivity index (χ4n) is 2.54. The van der Waals surface area contributed by atoms with E-state index in [1.807, 2.05) is 18.2 Å². The number of nitrogens with zero attached hydrogens (tertiary/aromatic N) is 2. The van der Waals surface area contributed by atoms with Gasteiger partial charge in [0.2, 0.25) is 0 Å². The molecule has 1 N–H and O–H groups in total. The first-order valence-electron chi connectivity index (χ1n) is 6.23. The quantitative estimate of drug-likeness (QED) is 0.903. The maximum atomic E-state index is 10.3. The van der Waals surface area contributed by atoms with Gasteiger partial charge in [0.1, 0.15) is 11.3 Å². The molecule has 0 saturated carbocycles. The Morgan fingerprint density at radius 1 is 1.33 bits per heavy atom. The molecule has 1 fully saturated rings. The molecule has 2 heterocycles. The summed E-state index contributed by atoms with van der Waals surface area (Å²) in [4.78, 5) is 6.56. The lowest BCUT2D eigenvalue weighted by atomic mass is 10.1. The molecule has 94 valence electrons. The van der Waals surface area contributed by atoms with Crippen molar-refractivity contribution in [3.8, 4) is 5.75 Å². The molecule has 1 aromatic heterocycles. The molecule has 0 radical (unpaired) electrons. The Morgan fingerprint density at radius 2 is 2.11 bits per heavy atom. The molecule has 3 rings (SSSR count). The first-order valence-corrected chi connectivity index (χ1v) is 6.61. The third-order valence-electron chi connectivity index (χ3n) is 3.49. The van der Waals surface area contributed by atoms with E-state index in [1.54, 1.807) is 6.20 Å². The van der Waals surface area contributed by atoms with Crippen LogP contribution in [0.3, 0.4) is 0 Å². The number of hydrogen-bond donors (Lipinski definition) is 1. The van der Waals surface area contributed by atoms with Gasteiger partial charge in [-0.2, -0.15) is 0 Å². The number of phenols is 1. The monoisotopic (exact) mass is 262 g/mol. The van der Waals surface area contributed by atoms with Crippen molar-refractivity contribution in [1.29, 1.82) is 0 Å². The number of aromatic hydroxyl groups is 1. The zero-order chi connectivity index (χ0) is 12.5. The Kier molecular flexibility index (Phi) is 3.10. The minimum absolute atomic E-state index is 0.266. The van der Waals surface area contributed by atoms with Crippen molar-refractivity contribution in [1.82, 2.24) is 9.88 Å². The Morgan fingerprint density at radius 3 is 2.89 bits per heavy atom. The molecule has 1 aliphatic rings. The smallest absolute Gasteiger partial charge is 0.146 e. The molecule has 2 aromatic rings. The van der Waals surface area contributed by atoms with Gasteiger partial charge in [-0.1, -0.05) is 11.6 Å². The van der Waals surface area contributed by atoms with Crippen molar-refractivity contribution in [2.24, 2.45) is 0 Å². The van der Waals surface area contributed by atoms with Gasteiger partial charge in [0.15, 0.2) is 0 Å². The number of halogens is 1. The number of hydrogen-bond acceptors (Lipinski definition) is 3. The lowest BCUT2D eigenvalue weighted by molar-refractivity contribution is 0.324. The molecule has 1 aliphatic heterocycles. The summed E-state index contributed by atoms with van der Waals surface area (Å²) in [7, 11) is 0. The van der Waals surface area contributed by atoms with Crippen LogP contribution in [0.2, 0.25) is 5.02 Å². The molecule has 18 heavy (non-hydrogen) atoms. The van der Waals surface area contributed by atoms with Crippen molar-refractivity contribution in [3.05, 3.63) is 35.0 Å². The fraction of sp³-hybridized carbons (Fsp3) is 0.357. The lowest BCUT2D eigenvalue weighted by Gasteiger charge is -2.16. The Labute approximate surface area is 111 Å². The molecule has 3 nitrogen and oxygen atoms in total. The van der Waals surface area contributed by atoms with Gasteiger partial charge in [-0.15, -0.1) is 0 Å². The average molecular weight is 263 g/mol. The van der Waals surface area contributed by atoms with Crippen LogP contribution >= 0.6 is 11.6 Å². The van der Waals surface area contributed by atoms with Crippen molar-refractivity contribution in [3.63, 3.8) is 0 Å². The van der Waals surface area contributed by atoms with Gasteiger partial charge >= 0.3 is 0 Å². The van der Waals surface area contributed by atoms with Crippen LogP contribution in [0.5, 0.6) is 5.75 Å². The van der Waals surface area contributed by atoms with Crippen LogP contribution in [0.4, 0.5) is 0 Å². The molecule has 1 saturated heterocycles. The molecular weight excluding hydrogens is 248 g/mol. The summed E-state index contributed by atoms with van der Waals surface area (Å²) in [5, 5.41) is 11.8. The number of benzene rings is 1. The number of phenolic OH excluding ortho intramolecular Hbond substituents is 1. The molecule has 0 aliphatic carbocycles. The van der Waals surface area contributed by atoms with Crippen molar-refractivity contribution in [2.75, 3.05) is 13.1 Å². The molecular formula is C14H15ClN2O. The number of likely N-dealkylation sites (tertiary alicyclic amines) is 1. The molecule has 0 bridgehead atoms.